The van der Waals surface area contributed by atoms with Gasteiger partial charge in [0.15, 0.2) is 11.5 Å². The van der Waals surface area contributed by atoms with Crippen molar-refractivity contribution < 1.29 is 9.53 Å². The lowest BCUT2D eigenvalue weighted by molar-refractivity contribution is -0.129. The zero-order chi connectivity index (χ0) is 25.4. The zero-order valence-corrected chi connectivity index (χ0v) is 20.4. The minimum atomic E-state index is 0.0852. The summed E-state index contributed by atoms with van der Waals surface area (Å²) in [5, 5.41) is 7.47. The van der Waals surface area contributed by atoms with Gasteiger partial charge in [-0.2, -0.15) is 5.10 Å². The molecule has 0 radical (unpaired) electrons. The van der Waals surface area contributed by atoms with Gasteiger partial charge in [0, 0.05) is 51.1 Å². The highest BCUT2D eigenvalue weighted by Crippen LogP contribution is 2.30. The van der Waals surface area contributed by atoms with E-state index in [4.69, 9.17) is 9.72 Å². The minimum Gasteiger partial charge on any atom is -0.457 e. The van der Waals surface area contributed by atoms with Crippen LogP contribution >= 0.6 is 0 Å². The first-order valence-corrected chi connectivity index (χ1v) is 11.9. The number of ether oxygens (including phenoxy) is 1. The second kappa shape index (κ2) is 9.30. The predicted octanol–water partition coefficient (Wildman–Crippen LogP) is 2.98. The van der Waals surface area contributed by atoms with Crippen molar-refractivity contribution in [2.45, 2.75) is 13.8 Å². The number of nitrogens with zero attached hydrogens (tertiary/aromatic N) is 9. The average molecular weight is 497 g/mol. The summed E-state index contributed by atoms with van der Waals surface area (Å²) in [5.41, 5.74) is 3.77. The summed E-state index contributed by atoms with van der Waals surface area (Å²) < 4.78 is 7.76. The molecule has 1 saturated heterocycles. The molecular weight excluding hydrogens is 472 g/mol. The minimum absolute atomic E-state index is 0.0852. The first-order chi connectivity index (χ1) is 18.0. The van der Waals surface area contributed by atoms with E-state index in [1.165, 1.54) is 12.7 Å². The second-order valence-corrected chi connectivity index (χ2v) is 8.75. The largest absolute Gasteiger partial charge is 0.457 e. The number of amides is 1. The van der Waals surface area contributed by atoms with Gasteiger partial charge in [-0.3, -0.25) is 4.79 Å². The van der Waals surface area contributed by atoms with Gasteiger partial charge < -0.3 is 19.9 Å². The van der Waals surface area contributed by atoms with Crippen LogP contribution < -0.4 is 15.0 Å². The van der Waals surface area contributed by atoms with Gasteiger partial charge in [-0.1, -0.05) is 0 Å². The fourth-order valence-electron chi connectivity index (χ4n) is 4.28. The van der Waals surface area contributed by atoms with E-state index >= 15 is 0 Å². The molecule has 0 saturated carbocycles. The van der Waals surface area contributed by atoms with Crippen molar-refractivity contribution in [3.63, 3.8) is 0 Å². The van der Waals surface area contributed by atoms with E-state index in [0.29, 0.717) is 60.4 Å². The molecule has 1 amide bonds. The van der Waals surface area contributed by atoms with Gasteiger partial charge in [0.1, 0.15) is 35.2 Å². The molecule has 0 unspecified atom stereocenters. The number of pyridine rings is 1. The molecule has 1 N–H and O–H groups in total. The Balaban J connectivity index is 1.22. The van der Waals surface area contributed by atoms with Crippen molar-refractivity contribution in [1.82, 2.24) is 39.4 Å². The van der Waals surface area contributed by atoms with Gasteiger partial charge in [-0.15, -0.1) is 0 Å². The number of aromatic nitrogens is 7. The lowest BCUT2D eigenvalue weighted by Gasteiger charge is -2.34. The predicted molar refractivity (Wildman–Crippen MR) is 137 cm³/mol. The molecular formula is C25H24N10O2. The molecule has 4 aromatic heterocycles. The monoisotopic (exact) mass is 496 g/mol. The van der Waals surface area contributed by atoms with E-state index in [1.54, 1.807) is 17.6 Å². The maximum atomic E-state index is 11.6. The van der Waals surface area contributed by atoms with Crippen molar-refractivity contribution in [3.8, 4) is 11.5 Å². The van der Waals surface area contributed by atoms with Crippen LogP contribution in [0, 0.1) is 6.92 Å². The molecule has 37 heavy (non-hydrogen) atoms. The van der Waals surface area contributed by atoms with Gasteiger partial charge in [0.25, 0.3) is 0 Å². The lowest BCUT2D eigenvalue weighted by atomic mass is 10.2. The number of carbonyl (C=O) groups excluding carboxylic acids is 1. The SMILES string of the molecule is CC(=O)N1CCN(c2ncc3ncnc(Nc4ccc(Oc5ccn6ncnc6c5)c(C)c4)c3n2)CC1. The Morgan fingerprint density at radius 1 is 1.00 bits per heavy atom. The fourth-order valence-corrected chi connectivity index (χ4v) is 4.28. The number of hydrogen-bond donors (Lipinski definition) is 1. The summed E-state index contributed by atoms with van der Waals surface area (Å²) >= 11 is 0. The van der Waals surface area contributed by atoms with Crippen LogP contribution in [0.1, 0.15) is 12.5 Å². The number of nitrogens with one attached hydrogen (secondary N) is 1. The number of piperazine rings is 1. The number of anilines is 3. The highest BCUT2D eigenvalue weighted by molar-refractivity contribution is 5.87. The third kappa shape index (κ3) is 4.56. The van der Waals surface area contributed by atoms with E-state index in [2.05, 4.69) is 35.3 Å². The molecule has 1 fully saturated rings. The molecule has 0 atom stereocenters. The fraction of sp³-hybridized carbons (Fsp3) is 0.240. The van der Waals surface area contributed by atoms with Gasteiger partial charge in [0.2, 0.25) is 11.9 Å². The van der Waals surface area contributed by atoms with Gasteiger partial charge in [-0.25, -0.2) is 29.4 Å². The van der Waals surface area contributed by atoms with E-state index in [-0.39, 0.29) is 5.91 Å². The van der Waals surface area contributed by atoms with Crippen molar-refractivity contribution in [2.75, 3.05) is 36.4 Å². The van der Waals surface area contributed by atoms with Crippen LogP contribution in [0.4, 0.5) is 17.5 Å². The summed E-state index contributed by atoms with van der Waals surface area (Å²) in [6, 6.07) is 9.50. The molecule has 186 valence electrons. The molecule has 12 nitrogen and oxygen atoms in total. The van der Waals surface area contributed by atoms with Crippen LogP contribution in [-0.2, 0) is 4.79 Å². The number of rotatable bonds is 5. The number of carbonyl (C=O) groups is 1. The maximum absolute atomic E-state index is 11.6. The molecule has 12 heteroatoms. The van der Waals surface area contributed by atoms with Crippen molar-refractivity contribution in [2.24, 2.45) is 0 Å². The first-order valence-electron chi connectivity index (χ1n) is 11.9. The molecule has 5 aromatic rings. The molecule has 0 bridgehead atoms. The molecule has 1 aliphatic rings. The summed E-state index contributed by atoms with van der Waals surface area (Å²) in [6.07, 6.45) is 6.51. The van der Waals surface area contributed by atoms with Gasteiger partial charge >= 0.3 is 0 Å². The summed E-state index contributed by atoms with van der Waals surface area (Å²) in [7, 11) is 0. The Morgan fingerprint density at radius 3 is 2.68 bits per heavy atom. The number of aryl methyl sites for hydroxylation is 1. The van der Waals surface area contributed by atoms with E-state index in [1.807, 2.05) is 48.4 Å². The Morgan fingerprint density at radius 2 is 1.86 bits per heavy atom. The van der Waals surface area contributed by atoms with Crippen LogP contribution in [-0.4, -0.2) is 71.5 Å². The average Bonchev–Trinajstić information content (AvgIpc) is 3.38. The van der Waals surface area contributed by atoms with Crippen molar-refractivity contribution >= 4 is 40.0 Å². The van der Waals surface area contributed by atoms with Crippen molar-refractivity contribution in [3.05, 3.63) is 60.9 Å². The quantitative estimate of drug-likeness (QED) is 0.388. The number of fused-ring (bicyclic) bond motifs is 2. The number of hydrogen-bond acceptors (Lipinski definition) is 10. The molecule has 1 aliphatic heterocycles. The Kier molecular flexibility index (Phi) is 5.68. The summed E-state index contributed by atoms with van der Waals surface area (Å²) in [5.74, 6) is 2.68. The topological polar surface area (TPSA) is 127 Å². The Bertz CT molecular complexity index is 1610. The first kappa shape index (κ1) is 22.6. The standard InChI is InChI=1S/C25H24N10O2/c1-16-11-18(3-4-21(16)37-19-5-6-35-22(12-19)28-15-30-35)31-24-23-20(27-14-29-24)13-26-25(32-23)34-9-7-33(8-10-34)17(2)36/h3-6,11-15H,7-10H2,1-2H3,(H,27,29,31). The summed E-state index contributed by atoms with van der Waals surface area (Å²) in [4.78, 5) is 37.8. The molecule has 0 aliphatic carbocycles. The van der Waals surface area contributed by atoms with Crippen LogP contribution in [0.2, 0.25) is 0 Å². The third-order valence-corrected chi connectivity index (χ3v) is 6.29. The molecule has 0 spiro atoms. The highest BCUT2D eigenvalue weighted by atomic mass is 16.5. The van der Waals surface area contributed by atoms with Crippen LogP contribution in [0.5, 0.6) is 11.5 Å². The Labute approximate surface area is 212 Å². The van der Waals surface area contributed by atoms with Crippen LogP contribution in [0.25, 0.3) is 16.7 Å². The van der Waals surface area contributed by atoms with Crippen LogP contribution in [0.15, 0.2) is 55.4 Å². The van der Waals surface area contributed by atoms with Crippen LogP contribution in [0.3, 0.4) is 0 Å². The van der Waals surface area contributed by atoms with E-state index in [9.17, 15) is 4.79 Å². The molecule has 6 rings (SSSR count). The van der Waals surface area contributed by atoms with Gasteiger partial charge in [-0.05, 0) is 36.8 Å². The smallest absolute Gasteiger partial charge is 0.226 e. The summed E-state index contributed by atoms with van der Waals surface area (Å²) in [6.45, 7) is 6.21. The maximum Gasteiger partial charge on any atom is 0.226 e. The highest BCUT2D eigenvalue weighted by Gasteiger charge is 2.21. The van der Waals surface area contributed by atoms with E-state index in [0.717, 1.165) is 17.0 Å². The zero-order valence-electron chi connectivity index (χ0n) is 20.4. The van der Waals surface area contributed by atoms with Gasteiger partial charge in [0.05, 0.1) is 6.20 Å². The lowest BCUT2D eigenvalue weighted by Crippen LogP contribution is -2.48. The second-order valence-electron chi connectivity index (χ2n) is 8.75. The number of benzene rings is 1. The molecule has 1 aromatic carbocycles. The molecule has 5 heterocycles. The van der Waals surface area contributed by atoms with Crippen molar-refractivity contribution in [1.29, 1.82) is 0 Å². The Hall–Kier alpha value is -4.87. The normalized spacial score (nSPS) is 13.8. The third-order valence-electron chi connectivity index (χ3n) is 6.29. The van der Waals surface area contributed by atoms with E-state index < -0.39 is 0 Å².